The summed E-state index contributed by atoms with van der Waals surface area (Å²) in [5.41, 5.74) is 0.357. The third kappa shape index (κ3) is 3.27. The summed E-state index contributed by atoms with van der Waals surface area (Å²) in [4.78, 5) is 12.2. The maximum atomic E-state index is 12.5. The molecule has 3 unspecified atom stereocenters. The topological polar surface area (TPSA) is 63.5 Å². The number of sulfonamides is 1. The lowest BCUT2D eigenvalue weighted by molar-refractivity contribution is -0.154. The van der Waals surface area contributed by atoms with Gasteiger partial charge in [-0.1, -0.05) is 17.7 Å². The summed E-state index contributed by atoms with van der Waals surface area (Å²) in [6, 6.07) is 5.50. The Labute approximate surface area is 126 Å². The minimum absolute atomic E-state index is 0.200. The highest BCUT2D eigenvalue weighted by atomic mass is 32.2. The molecule has 0 amide bonds. The summed E-state index contributed by atoms with van der Waals surface area (Å²) in [5, 5.41) is 0. The molecule has 6 heteroatoms. The van der Waals surface area contributed by atoms with Gasteiger partial charge in [0.15, 0.2) is 0 Å². The third-order valence-corrected chi connectivity index (χ3v) is 5.27. The zero-order valence-corrected chi connectivity index (χ0v) is 13.8. The first-order valence-corrected chi connectivity index (χ1v) is 8.31. The lowest BCUT2D eigenvalue weighted by Gasteiger charge is -2.19. The first-order chi connectivity index (χ1) is 9.54. The van der Waals surface area contributed by atoms with Gasteiger partial charge in [-0.15, -0.1) is 0 Å². The van der Waals surface area contributed by atoms with E-state index in [1.54, 1.807) is 52.0 Å². The van der Waals surface area contributed by atoms with Crippen molar-refractivity contribution >= 4 is 16.0 Å². The third-order valence-electron chi connectivity index (χ3n) is 3.29. The number of aryl methyl sites for hydroxylation is 1. The van der Waals surface area contributed by atoms with Gasteiger partial charge in [-0.2, -0.15) is 4.31 Å². The van der Waals surface area contributed by atoms with Crippen molar-refractivity contribution in [3.8, 4) is 0 Å². The van der Waals surface area contributed by atoms with Crippen LogP contribution in [0.15, 0.2) is 29.2 Å². The SMILES string of the molecule is Cc1ccc(S(=O)(=O)N2C(C)C2C(=O)OC(C)(C)C)cc1. The highest BCUT2D eigenvalue weighted by Crippen LogP contribution is 2.37. The molecule has 1 aromatic rings. The highest BCUT2D eigenvalue weighted by Gasteiger charge is 2.58. The van der Waals surface area contributed by atoms with Crippen molar-refractivity contribution in [2.75, 3.05) is 0 Å². The smallest absolute Gasteiger partial charge is 0.326 e. The van der Waals surface area contributed by atoms with E-state index in [2.05, 4.69) is 0 Å². The summed E-state index contributed by atoms with van der Waals surface area (Å²) < 4.78 is 31.5. The fraction of sp³-hybridized carbons (Fsp3) is 0.533. The molecular weight excluding hydrogens is 290 g/mol. The van der Waals surface area contributed by atoms with Gasteiger partial charge < -0.3 is 4.74 Å². The Bertz CT molecular complexity index is 643. The van der Waals surface area contributed by atoms with Crippen molar-refractivity contribution in [1.29, 1.82) is 0 Å². The number of hydrogen-bond donors (Lipinski definition) is 0. The quantitative estimate of drug-likeness (QED) is 0.633. The van der Waals surface area contributed by atoms with Crippen LogP contribution in [0.5, 0.6) is 0 Å². The molecule has 0 radical (unpaired) electrons. The number of carbonyl (C=O) groups is 1. The largest absolute Gasteiger partial charge is 0.459 e. The molecule has 0 bridgehead atoms. The van der Waals surface area contributed by atoms with Crippen molar-refractivity contribution in [1.82, 2.24) is 4.31 Å². The fourth-order valence-electron chi connectivity index (χ4n) is 2.19. The minimum Gasteiger partial charge on any atom is -0.459 e. The molecule has 2 rings (SSSR count). The number of rotatable bonds is 3. The van der Waals surface area contributed by atoms with Crippen LogP contribution in [0, 0.1) is 6.92 Å². The molecule has 1 aromatic carbocycles. The van der Waals surface area contributed by atoms with Crippen LogP contribution in [-0.4, -0.2) is 36.4 Å². The van der Waals surface area contributed by atoms with Crippen LogP contribution in [0.3, 0.4) is 0 Å². The van der Waals surface area contributed by atoms with Gasteiger partial charge in [0, 0.05) is 0 Å². The van der Waals surface area contributed by atoms with Gasteiger partial charge in [0.25, 0.3) is 0 Å². The van der Waals surface area contributed by atoms with E-state index in [0.29, 0.717) is 0 Å². The van der Waals surface area contributed by atoms with E-state index in [1.807, 2.05) is 6.92 Å². The average molecular weight is 311 g/mol. The summed E-state index contributed by atoms with van der Waals surface area (Å²) in [6.45, 7) is 8.88. The molecule has 21 heavy (non-hydrogen) atoms. The Morgan fingerprint density at radius 3 is 2.19 bits per heavy atom. The van der Waals surface area contributed by atoms with Crippen LogP contribution in [-0.2, 0) is 19.6 Å². The van der Waals surface area contributed by atoms with Crippen LogP contribution in [0.4, 0.5) is 0 Å². The average Bonchev–Trinajstić information content (AvgIpc) is 3.00. The first kappa shape index (κ1) is 16.0. The van der Waals surface area contributed by atoms with Crippen LogP contribution in [0.1, 0.15) is 33.3 Å². The molecule has 0 spiro atoms. The van der Waals surface area contributed by atoms with E-state index in [4.69, 9.17) is 4.74 Å². The zero-order chi connectivity index (χ0) is 16.0. The molecule has 1 heterocycles. The molecule has 1 fully saturated rings. The molecule has 0 aromatic heterocycles. The van der Waals surface area contributed by atoms with E-state index in [1.165, 1.54) is 4.31 Å². The van der Waals surface area contributed by atoms with Crippen molar-refractivity contribution in [3.05, 3.63) is 29.8 Å². The van der Waals surface area contributed by atoms with E-state index in [-0.39, 0.29) is 10.9 Å². The summed E-state index contributed by atoms with van der Waals surface area (Å²) in [6.07, 6.45) is 0. The Kier molecular flexibility index (Phi) is 3.88. The van der Waals surface area contributed by atoms with Gasteiger partial charge >= 0.3 is 5.97 Å². The maximum Gasteiger partial charge on any atom is 0.326 e. The monoisotopic (exact) mass is 311 g/mol. The van der Waals surface area contributed by atoms with Crippen molar-refractivity contribution in [2.45, 2.75) is 57.2 Å². The second kappa shape index (κ2) is 5.10. The van der Waals surface area contributed by atoms with E-state index >= 15 is 0 Å². The molecule has 1 saturated heterocycles. The van der Waals surface area contributed by atoms with Crippen LogP contribution >= 0.6 is 0 Å². The van der Waals surface area contributed by atoms with E-state index < -0.39 is 27.6 Å². The van der Waals surface area contributed by atoms with Gasteiger partial charge in [-0.3, -0.25) is 4.79 Å². The van der Waals surface area contributed by atoms with Gasteiger partial charge in [0.1, 0.15) is 11.6 Å². The zero-order valence-electron chi connectivity index (χ0n) is 13.0. The predicted octanol–water partition coefficient (Wildman–Crippen LogP) is 2.10. The molecule has 1 aliphatic heterocycles. The minimum atomic E-state index is -3.65. The van der Waals surface area contributed by atoms with Crippen molar-refractivity contribution < 1.29 is 17.9 Å². The first-order valence-electron chi connectivity index (χ1n) is 6.87. The molecule has 0 aliphatic carbocycles. The van der Waals surface area contributed by atoms with Crippen molar-refractivity contribution in [2.24, 2.45) is 0 Å². The Balaban J connectivity index is 2.19. The number of nitrogens with zero attached hydrogens (tertiary/aromatic N) is 1. The molecule has 0 saturated carbocycles. The Hall–Kier alpha value is -1.40. The van der Waals surface area contributed by atoms with Crippen LogP contribution in [0.2, 0.25) is 0 Å². The van der Waals surface area contributed by atoms with E-state index in [9.17, 15) is 13.2 Å². The molecule has 3 atom stereocenters. The van der Waals surface area contributed by atoms with Gasteiger partial charge in [-0.25, -0.2) is 8.42 Å². The predicted molar refractivity (Wildman–Crippen MR) is 79.3 cm³/mol. The number of carbonyl (C=O) groups excluding carboxylic acids is 1. The number of hydrogen-bond acceptors (Lipinski definition) is 4. The lowest BCUT2D eigenvalue weighted by Crippen LogP contribution is -2.29. The van der Waals surface area contributed by atoms with Gasteiger partial charge in [-0.05, 0) is 46.8 Å². The number of ether oxygens (including phenoxy) is 1. The summed E-state index contributed by atoms with van der Waals surface area (Å²) in [7, 11) is -3.65. The van der Waals surface area contributed by atoms with Gasteiger partial charge in [0.2, 0.25) is 10.0 Å². The van der Waals surface area contributed by atoms with Crippen LogP contribution in [0.25, 0.3) is 0 Å². The Morgan fingerprint density at radius 1 is 1.19 bits per heavy atom. The molecular formula is C15H21NO4S. The second-order valence-corrected chi connectivity index (χ2v) is 8.21. The second-order valence-electron chi connectivity index (χ2n) is 6.37. The maximum absolute atomic E-state index is 12.5. The normalized spacial score (nSPS) is 25.5. The fourth-order valence-corrected chi connectivity index (χ4v) is 3.97. The summed E-state index contributed by atoms with van der Waals surface area (Å²) in [5.74, 6) is -0.495. The number of esters is 1. The Morgan fingerprint density at radius 2 is 1.71 bits per heavy atom. The van der Waals surface area contributed by atoms with E-state index in [0.717, 1.165) is 5.56 Å². The standard InChI is InChI=1S/C15H21NO4S/c1-10-6-8-12(9-7-10)21(18,19)16-11(2)13(16)14(17)20-15(3,4)5/h6-9,11,13H,1-5H3. The number of benzene rings is 1. The van der Waals surface area contributed by atoms with Crippen LogP contribution < -0.4 is 0 Å². The molecule has 0 N–H and O–H groups in total. The van der Waals surface area contributed by atoms with Gasteiger partial charge in [0.05, 0.1) is 10.9 Å². The van der Waals surface area contributed by atoms with Crippen molar-refractivity contribution in [3.63, 3.8) is 0 Å². The summed E-state index contributed by atoms with van der Waals surface area (Å²) >= 11 is 0. The molecule has 5 nitrogen and oxygen atoms in total. The molecule has 116 valence electrons. The highest BCUT2D eigenvalue weighted by molar-refractivity contribution is 7.89. The lowest BCUT2D eigenvalue weighted by atomic mass is 10.2. The molecule has 1 aliphatic rings.